The number of ether oxygens (including phenoxy) is 2. The average Bonchev–Trinajstić information content (AvgIpc) is 2.90. The number of methoxy groups -OCH3 is 1. The molecule has 0 atom stereocenters. The Kier molecular flexibility index (Phi) is 10.3. The molecule has 0 heterocycles. The molecule has 0 aliphatic carbocycles. The van der Waals surface area contributed by atoms with Crippen molar-refractivity contribution in [1.29, 1.82) is 5.26 Å². The van der Waals surface area contributed by atoms with E-state index in [-0.39, 0.29) is 18.1 Å². The molecule has 2 N–H and O–H groups in total. The summed E-state index contributed by atoms with van der Waals surface area (Å²) < 4.78 is 11.6. The Bertz CT molecular complexity index is 1300. The standard InChI is InChI=1S/C29H28BrN3O4/c1-20-10-12-24(13-11-20)33-27(34)19-37-28-25(30)16-22(17-26(28)36-2)15-23(18-31)29(35)32-14-6-9-21-7-4-3-5-8-21/h3-5,7-8,10-13,15-17H,6,9,14,19H2,1-2H3,(H,32,35)(H,33,34)/b23-15-. The number of carbonyl (C=O) groups is 2. The van der Waals surface area contributed by atoms with Crippen LogP contribution in [0.1, 0.15) is 23.1 Å². The predicted molar refractivity (Wildman–Crippen MR) is 147 cm³/mol. The van der Waals surface area contributed by atoms with Crippen molar-refractivity contribution >= 4 is 39.5 Å². The van der Waals surface area contributed by atoms with E-state index in [0.29, 0.717) is 33.8 Å². The number of nitrogens with one attached hydrogen (secondary N) is 2. The molecule has 3 aromatic carbocycles. The van der Waals surface area contributed by atoms with E-state index in [4.69, 9.17) is 9.47 Å². The van der Waals surface area contributed by atoms with Crippen LogP contribution < -0.4 is 20.1 Å². The number of halogens is 1. The summed E-state index contributed by atoms with van der Waals surface area (Å²) >= 11 is 3.44. The Morgan fingerprint density at radius 3 is 2.49 bits per heavy atom. The van der Waals surface area contributed by atoms with Crippen LogP contribution in [-0.4, -0.2) is 32.1 Å². The molecule has 3 rings (SSSR count). The highest BCUT2D eigenvalue weighted by Gasteiger charge is 2.15. The molecular weight excluding hydrogens is 534 g/mol. The minimum absolute atomic E-state index is 0.0280. The molecule has 0 bridgehead atoms. The minimum Gasteiger partial charge on any atom is -0.493 e. The fourth-order valence-corrected chi connectivity index (χ4v) is 4.06. The lowest BCUT2D eigenvalue weighted by Crippen LogP contribution is -2.25. The number of amides is 2. The van der Waals surface area contributed by atoms with Gasteiger partial charge in [0.1, 0.15) is 11.6 Å². The van der Waals surface area contributed by atoms with Gasteiger partial charge in [-0.25, -0.2) is 0 Å². The summed E-state index contributed by atoms with van der Waals surface area (Å²) in [7, 11) is 1.47. The fraction of sp³-hybridized carbons (Fsp3) is 0.207. The van der Waals surface area contributed by atoms with E-state index in [0.717, 1.165) is 18.4 Å². The quantitative estimate of drug-likeness (QED) is 0.184. The molecule has 37 heavy (non-hydrogen) atoms. The molecule has 0 aliphatic rings. The van der Waals surface area contributed by atoms with Crippen LogP contribution in [0.3, 0.4) is 0 Å². The van der Waals surface area contributed by atoms with Crippen molar-refractivity contribution in [1.82, 2.24) is 5.32 Å². The van der Waals surface area contributed by atoms with Crippen molar-refractivity contribution in [2.24, 2.45) is 0 Å². The number of anilines is 1. The van der Waals surface area contributed by atoms with Gasteiger partial charge in [0.25, 0.3) is 11.8 Å². The molecule has 0 unspecified atom stereocenters. The van der Waals surface area contributed by atoms with E-state index < -0.39 is 5.91 Å². The number of aryl methyl sites for hydroxylation is 2. The maximum atomic E-state index is 12.5. The van der Waals surface area contributed by atoms with Crippen molar-refractivity contribution in [3.8, 4) is 17.6 Å². The molecule has 0 spiro atoms. The van der Waals surface area contributed by atoms with Crippen LogP contribution in [0.25, 0.3) is 6.08 Å². The van der Waals surface area contributed by atoms with E-state index in [1.807, 2.05) is 67.6 Å². The summed E-state index contributed by atoms with van der Waals surface area (Å²) in [4.78, 5) is 24.8. The van der Waals surface area contributed by atoms with Gasteiger partial charge in [0.05, 0.1) is 11.6 Å². The number of nitrogens with zero attached hydrogens (tertiary/aromatic N) is 1. The molecule has 7 nitrogen and oxygen atoms in total. The van der Waals surface area contributed by atoms with Gasteiger partial charge in [-0.15, -0.1) is 0 Å². The second kappa shape index (κ2) is 13.9. The maximum Gasteiger partial charge on any atom is 0.262 e. The van der Waals surface area contributed by atoms with Crippen molar-refractivity contribution in [2.45, 2.75) is 19.8 Å². The van der Waals surface area contributed by atoms with Crippen molar-refractivity contribution in [3.05, 3.63) is 93.5 Å². The van der Waals surface area contributed by atoms with E-state index in [2.05, 4.69) is 26.6 Å². The topological polar surface area (TPSA) is 100 Å². The van der Waals surface area contributed by atoms with Gasteiger partial charge in [-0.05, 0) is 77.2 Å². The summed E-state index contributed by atoms with van der Waals surface area (Å²) in [5, 5.41) is 15.1. The van der Waals surface area contributed by atoms with E-state index in [9.17, 15) is 14.9 Å². The second-order valence-corrected chi connectivity index (χ2v) is 9.11. The third kappa shape index (κ3) is 8.51. The molecule has 2 amide bonds. The summed E-state index contributed by atoms with van der Waals surface area (Å²) in [5.74, 6) is -0.0804. The first-order valence-corrected chi connectivity index (χ1v) is 12.5. The third-order valence-electron chi connectivity index (χ3n) is 5.38. The summed E-state index contributed by atoms with van der Waals surface area (Å²) in [5.41, 5.74) is 3.50. The summed E-state index contributed by atoms with van der Waals surface area (Å²) in [6.07, 6.45) is 3.08. The zero-order valence-corrected chi connectivity index (χ0v) is 22.3. The highest BCUT2D eigenvalue weighted by atomic mass is 79.9. The van der Waals surface area contributed by atoms with Gasteiger partial charge in [-0.3, -0.25) is 9.59 Å². The number of nitriles is 1. The summed E-state index contributed by atoms with van der Waals surface area (Å²) in [6.45, 7) is 2.20. The summed E-state index contributed by atoms with van der Waals surface area (Å²) in [6, 6.07) is 22.7. The second-order valence-electron chi connectivity index (χ2n) is 8.25. The van der Waals surface area contributed by atoms with E-state index >= 15 is 0 Å². The number of rotatable bonds is 11. The van der Waals surface area contributed by atoms with E-state index in [1.165, 1.54) is 18.7 Å². The first-order chi connectivity index (χ1) is 17.9. The zero-order chi connectivity index (χ0) is 26.6. The molecule has 190 valence electrons. The van der Waals surface area contributed by atoms with E-state index in [1.54, 1.807) is 12.1 Å². The zero-order valence-electron chi connectivity index (χ0n) is 20.7. The molecule has 0 aromatic heterocycles. The van der Waals surface area contributed by atoms with Gasteiger partial charge < -0.3 is 20.1 Å². The Balaban J connectivity index is 1.61. The highest BCUT2D eigenvalue weighted by molar-refractivity contribution is 9.10. The molecule has 3 aromatic rings. The number of hydrogen-bond donors (Lipinski definition) is 2. The van der Waals surface area contributed by atoms with Crippen molar-refractivity contribution in [2.75, 3.05) is 25.6 Å². The Hall–Kier alpha value is -4.09. The van der Waals surface area contributed by atoms with Crippen LogP contribution in [0.2, 0.25) is 0 Å². The number of carbonyl (C=O) groups excluding carboxylic acids is 2. The predicted octanol–water partition coefficient (Wildman–Crippen LogP) is 5.44. The first-order valence-electron chi connectivity index (χ1n) is 11.7. The van der Waals surface area contributed by atoms with Crippen LogP contribution in [-0.2, 0) is 16.0 Å². The van der Waals surface area contributed by atoms with Gasteiger partial charge >= 0.3 is 0 Å². The van der Waals surface area contributed by atoms with Crippen LogP contribution in [0, 0.1) is 18.3 Å². The molecule has 0 saturated heterocycles. The number of benzene rings is 3. The highest BCUT2D eigenvalue weighted by Crippen LogP contribution is 2.37. The van der Waals surface area contributed by atoms with Gasteiger partial charge in [-0.2, -0.15) is 5.26 Å². The molecular formula is C29H28BrN3O4. The maximum absolute atomic E-state index is 12.5. The largest absolute Gasteiger partial charge is 0.493 e. The molecule has 0 aliphatic heterocycles. The smallest absolute Gasteiger partial charge is 0.262 e. The molecule has 0 fully saturated rings. The van der Waals surface area contributed by atoms with Crippen LogP contribution in [0.15, 0.2) is 76.8 Å². The van der Waals surface area contributed by atoms with Gasteiger partial charge in [0, 0.05) is 12.2 Å². The third-order valence-corrected chi connectivity index (χ3v) is 5.97. The van der Waals surface area contributed by atoms with Crippen LogP contribution >= 0.6 is 15.9 Å². The monoisotopic (exact) mass is 561 g/mol. The van der Waals surface area contributed by atoms with Gasteiger partial charge in [0.15, 0.2) is 18.1 Å². The lowest BCUT2D eigenvalue weighted by atomic mass is 10.1. The number of hydrogen-bond acceptors (Lipinski definition) is 5. The Morgan fingerprint density at radius 1 is 1.08 bits per heavy atom. The fourth-order valence-electron chi connectivity index (χ4n) is 3.48. The Morgan fingerprint density at radius 2 is 1.81 bits per heavy atom. The molecule has 0 radical (unpaired) electrons. The first kappa shape index (κ1) is 27.5. The average molecular weight is 562 g/mol. The van der Waals surface area contributed by atoms with Crippen LogP contribution in [0.4, 0.5) is 5.69 Å². The lowest BCUT2D eigenvalue weighted by Gasteiger charge is -2.14. The van der Waals surface area contributed by atoms with Crippen LogP contribution in [0.5, 0.6) is 11.5 Å². The van der Waals surface area contributed by atoms with Crippen molar-refractivity contribution < 1.29 is 19.1 Å². The SMILES string of the molecule is COc1cc(/C=C(/C#N)C(=O)NCCCc2ccccc2)cc(Br)c1OCC(=O)Nc1ccc(C)cc1. The minimum atomic E-state index is -0.446. The molecule has 0 saturated carbocycles. The van der Waals surface area contributed by atoms with Gasteiger partial charge in [0.2, 0.25) is 0 Å². The Labute approximate surface area is 225 Å². The lowest BCUT2D eigenvalue weighted by molar-refractivity contribution is -0.118. The molecule has 8 heteroatoms. The van der Waals surface area contributed by atoms with Gasteiger partial charge in [-0.1, -0.05) is 48.0 Å². The van der Waals surface area contributed by atoms with Crippen molar-refractivity contribution in [3.63, 3.8) is 0 Å². The normalized spacial score (nSPS) is 10.8.